The summed E-state index contributed by atoms with van der Waals surface area (Å²) in [6.07, 6.45) is 0.862. The van der Waals surface area contributed by atoms with Gasteiger partial charge in [0.25, 0.3) is 10.0 Å². The topological polar surface area (TPSA) is 92.3 Å². The minimum absolute atomic E-state index is 0.0522. The Morgan fingerprint density at radius 1 is 1.13 bits per heavy atom. The first-order valence-electron chi connectivity index (χ1n) is 12.3. The molecule has 1 aromatic carbocycles. The number of halogens is 2. The standard InChI is InChI=1S/C24H28Cl2N4O5S3/c1-34-18-3-2-17(25)22-21(18)27-24(37-22)30(11-10-28-12-14-35-15-13-28)23(31)16-6-8-29(9-7-16)38(32,33)20-5-4-19(26)36-20/h2-5,16H,6-15H2,1H3. The van der Waals surface area contributed by atoms with Crippen molar-refractivity contribution in [3.8, 4) is 5.75 Å². The molecule has 2 aliphatic heterocycles. The summed E-state index contributed by atoms with van der Waals surface area (Å²) >= 11 is 14.8. The van der Waals surface area contributed by atoms with Crippen LogP contribution in [0.25, 0.3) is 10.2 Å². The second kappa shape index (κ2) is 11.9. The average molecular weight is 620 g/mol. The van der Waals surface area contributed by atoms with Gasteiger partial charge in [-0.25, -0.2) is 13.4 Å². The number of amides is 1. The number of piperidine rings is 1. The highest BCUT2D eigenvalue weighted by Crippen LogP contribution is 2.39. The van der Waals surface area contributed by atoms with Crippen molar-refractivity contribution >= 4 is 77.2 Å². The predicted molar refractivity (Wildman–Crippen MR) is 152 cm³/mol. The molecule has 0 saturated carbocycles. The summed E-state index contributed by atoms with van der Waals surface area (Å²) < 4.78 is 39.9. The zero-order chi connectivity index (χ0) is 26.9. The van der Waals surface area contributed by atoms with Crippen molar-refractivity contribution in [2.24, 2.45) is 5.92 Å². The Balaban J connectivity index is 1.36. The summed E-state index contributed by atoms with van der Waals surface area (Å²) in [6, 6.07) is 6.65. The second-order valence-electron chi connectivity index (χ2n) is 9.10. The predicted octanol–water partition coefficient (Wildman–Crippen LogP) is 4.44. The van der Waals surface area contributed by atoms with Crippen molar-refractivity contribution in [2.45, 2.75) is 17.1 Å². The molecule has 5 rings (SSSR count). The van der Waals surface area contributed by atoms with Gasteiger partial charge in [0.15, 0.2) is 5.13 Å². The van der Waals surface area contributed by atoms with Crippen LogP contribution in [0.2, 0.25) is 9.36 Å². The van der Waals surface area contributed by atoms with Gasteiger partial charge in [-0.1, -0.05) is 34.5 Å². The summed E-state index contributed by atoms with van der Waals surface area (Å²) in [5.74, 6) is 0.228. The van der Waals surface area contributed by atoms with Crippen molar-refractivity contribution in [3.63, 3.8) is 0 Å². The van der Waals surface area contributed by atoms with Gasteiger partial charge in [-0.15, -0.1) is 11.3 Å². The molecule has 1 amide bonds. The van der Waals surface area contributed by atoms with Crippen molar-refractivity contribution < 1.29 is 22.7 Å². The Labute approximate surface area is 239 Å². The number of benzene rings is 1. The lowest BCUT2D eigenvalue weighted by molar-refractivity contribution is -0.123. The van der Waals surface area contributed by atoms with Crippen LogP contribution in [0.1, 0.15) is 12.8 Å². The van der Waals surface area contributed by atoms with E-state index in [0.29, 0.717) is 64.9 Å². The number of methoxy groups -OCH3 is 1. The number of ether oxygens (including phenoxy) is 2. The Kier molecular flexibility index (Phi) is 8.80. The number of hydrogen-bond acceptors (Lipinski definition) is 9. The molecule has 0 bridgehead atoms. The molecule has 0 radical (unpaired) electrons. The van der Waals surface area contributed by atoms with Gasteiger partial charge in [0, 0.05) is 45.2 Å². The number of carbonyl (C=O) groups is 1. The van der Waals surface area contributed by atoms with Crippen LogP contribution in [-0.4, -0.2) is 88.1 Å². The number of anilines is 1. The molecule has 38 heavy (non-hydrogen) atoms. The monoisotopic (exact) mass is 618 g/mol. The van der Waals surface area contributed by atoms with Crippen LogP contribution in [0.15, 0.2) is 28.5 Å². The molecule has 0 aliphatic carbocycles. The third kappa shape index (κ3) is 5.83. The van der Waals surface area contributed by atoms with Gasteiger partial charge in [-0.05, 0) is 37.1 Å². The maximum atomic E-state index is 13.9. The average Bonchev–Trinajstić information content (AvgIpc) is 3.57. The molecule has 0 N–H and O–H groups in total. The molecule has 9 nitrogen and oxygen atoms in total. The van der Waals surface area contributed by atoms with Crippen LogP contribution in [0.3, 0.4) is 0 Å². The zero-order valence-corrected chi connectivity index (χ0v) is 24.7. The molecule has 2 fully saturated rings. The highest BCUT2D eigenvalue weighted by atomic mass is 35.5. The molecule has 0 spiro atoms. The number of morpholine rings is 1. The van der Waals surface area contributed by atoms with E-state index < -0.39 is 10.0 Å². The van der Waals surface area contributed by atoms with Crippen LogP contribution < -0.4 is 9.64 Å². The van der Waals surface area contributed by atoms with Gasteiger partial charge in [0.1, 0.15) is 15.5 Å². The number of rotatable bonds is 8. The maximum absolute atomic E-state index is 13.9. The van der Waals surface area contributed by atoms with Crippen LogP contribution in [-0.2, 0) is 19.6 Å². The number of sulfonamides is 1. The normalized spacial score (nSPS) is 18.2. The first-order chi connectivity index (χ1) is 18.3. The molecule has 2 aromatic heterocycles. The molecule has 0 atom stereocenters. The summed E-state index contributed by atoms with van der Waals surface area (Å²) in [5.41, 5.74) is 0.625. The van der Waals surface area contributed by atoms with Gasteiger partial charge < -0.3 is 9.47 Å². The first-order valence-corrected chi connectivity index (χ1v) is 16.1. The number of carbonyl (C=O) groups excluding carboxylic acids is 1. The molecule has 2 saturated heterocycles. The lowest BCUT2D eigenvalue weighted by Crippen LogP contribution is -2.47. The van der Waals surface area contributed by atoms with E-state index >= 15 is 0 Å². The van der Waals surface area contributed by atoms with Crippen LogP contribution >= 0.6 is 45.9 Å². The van der Waals surface area contributed by atoms with E-state index in [0.717, 1.165) is 29.1 Å². The highest BCUT2D eigenvalue weighted by Gasteiger charge is 2.36. The van der Waals surface area contributed by atoms with E-state index in [2.05, 4.69) is 4.90 Å². The maximum Gasteiger partial charge on any atom is 0.252 e. The van der Waals surface area contributed by atoms with E-state index in [-0.39, 0.29) is 29.1 Å². The number of hydrogen-bond donors (Lipinski definition) is 0. The van der Waals surface area contributed by atoms with Crippen LogP contribution in [0.5, 0.6) is 5.75 Å². The minimum Gasteiger partial charge on any atom is -0.494 e. The Bertz CT molecular complexity index is 1400. The van der Waals surface area contributed by atoms with Gasteiger partial charge in [-0.3, -0.25) is 14.6 Å². The largest absolute Gasteiger partial charge is 0.494 e. The van der Waals surface area contributed by atoms with E-state index in [1.54, 1.807) is 30.2 Å². The summed E-state index contributed by atoms with van der Waals surface area (Å²) in [7, 11) is -2.05. The Hall–Kier alpha value is -1.51. The Morgan fingerprint density at radius 3 is 2.53 bits per heavy atom. The summed E-state index contributed by atoms with van der Waals surface area (Å²) in [5, 5.41) is 1.12. The lowest BCUT2D eigenvalue weighted by Gasteiger charge is -2.34. The van der Waals surface area contributed by atoms with Crippen molar-refractivity contribution in [3.05, 3.63) is 33.6 Å². The van der Waals surface area contributed by atoms with Gasteiger partial charge in [-0.2, -0.15) is 4.31 Å². The van der Waals surface area contributed by atoms with Gasteiger partial charge in [0.2, 0.25) is 5.91 Å². The SMILES string of the molecule is COc1ccc(Cl)c2sc(N(CCN3CCOCC3)C(=O)C3CCN(S(=O)(=O)c4ccc(Cl)s4)CC3)nc12. The molecule has 4 heterocycles. The number of aromatic nitrogens is 1. The molecule has 0 unspecified atom stereocenters. The van der Waals surface area contributed by atoms with E-state index in [1.807, 2.05) is 0 Å². The van der Waals surface area contributed by atoms with Crippen molar-refractivity contribution in [2.75, 3.05) is 64.5 Å². The zero-order valence-electron chi connectivity index (χ0n) is 20.8. The lowest BCUT2D eigenvalue weighted by atomic mass is 9.96. The molecule has 14 heteroatoms. The van der Waals surface area contributed by atoms with Gasteiger partial charge >= 0.3 is 0 Å². The Morgan fingerprint density at radius 2 is 1.87 bits per heavy atom. The number of nitrogens with zero attached hydrogens (tertiary/aromatic N) is 4. The molecule has 3 aromatic rings. The summed E-state index contributed by atoms with van der Waals surface area (Å²) in [4.78, 5) is 22.7. The van der Waals surface area contributed by atoms with E-state index in [4.69, 9.17) is 37.7 Å². The van der Waals surface area contributed by atoms with Crippen molar-refractivity contribution in [1.82, 2.24) is 14.2 Å². The van der Waals surface area contributed by atoms with E-state index in [1.165, 1.54) is 21.7 Å². The highest BCUT2D eigenvalue weighted by molar-refractivity contribution is 7.91. The van der Waals surface area contributed by atoms with Crippen LogP contribution in [0.4, 0.5) is 5.13 Å². The number of fused-ring (bicyclic) bond motifs is 1. The fourth-order valence-electron chi connectivity index (χ4n) is 4.71. The molecular formula is C24H28Cl2N4O5S3. The van der Waals surface area contributed by atoms with Crippen molar-refractivity contribution in [1.29, 1.82) is 0 Å². The smallest absolute Gasteiger partial charge is 0.252 e. The molecular weight excluding hydrogens is 591 g/mol. The van der Waals surface area contributed by atoms with Crippen LogP contribution in [0, 0.1) is 5.92 Å². The second-order valence-corrected chi connectivity index (χ2v) is 14.4. The number of thiazole rings is 1. The minimum atomic E-state index is -3.63. The van der Waals surface area contributed by atoms with E-state index in [9.17, 15) is 13.2 Å². The third-order valence-electron chi connectivity index (χ3n) is 6.85. The first kappa shape index (κ1) is 28.0. The van der Waals surface area contributed by atoms with Gasteiger partial charge in [0.05, 0.1) is 34.4 Å². The molecule has 2 aliphatic rings. The fraction of sp³-hybridized carbons (Fsp3) is 0.500. The third-order valence-corrected chi connectivity index (χ3v) is 12.0. The summed E-state index contributed by atoms with van der Waals surface area (Å²) in [6.45, 7) is 4.65. The molecule has 206 valence electrons. The fourth-order valence-corrected chi connectivity index (χ4v) is 9.11. The number of thiophene rings is 1. The quantitative estimate of drug-likeness (QED) is 0.368.